The molecule has 2 amide bonds. The van der Waals surface area contributed by atoms with Gasteiger partial charge >= 0.3 is 0 Å². The molecular formula is C14H23ClN4O3. The molecule has 1 saturated carbocycles. The number of anilines is 1. The van der Waals surface area contributed by atoms with E-state index in [9.17, 15) is 9.59 Å². The molecule has 1 aromatic heterocycles. The van der Waals surface area contributed by atoms with E-state index in [1.54, 1.807) is 20.0 Å². The van der Waals surface area contributed by atoms with Crippen molar-refractivity contribution in [3.05, 3.63) is 11.8 Å². The minimum absolute atomic E-state index is 0. The Hall–Kier alpha value is -1.60. The fourth-order valence-corrected chi connectivity index (χ4v) is 2.83. The zero-order valence-corrected chi connectivity index (χ0v) is 13.7. The molecule has 0 spiro atoms. The number of nitrogens with one attached hydrogen (secondary N) is 1. The van der Waals surface area contributed by atoms with Crippen molar-refractivity contribution in [3.63, 3.8) is 0 Å². The Balaban J connectivity index is 0.00000242. The summed E-state index contributed by atoms with van der Waals surface area (Å²) >= 11 is 0. The van der Waals surface area contributed by atoms with Crippen LogP contribution in [0.4, 0.5) is 5.82 Å². The smallest absolute Gasteiger partial charge is 0.245 e. The zero-order valence-electron chi connectivity index (χ0n) is 12.9. The number of hydrogen-bond acceptors (Lipinski definition) is 5. The monoisotopic (exact) mass is 330 g/mol. The first-order valence-electron chi connectivity index (χ1n) is 7.19. The summed E-state index contributed by atoms with van der Waals surface area (Å²) in [6.45, 7) is 2.26. The number of aromatic nitrogens is 1. The van der Waals surface area contributed by atoms with Gasteiger partial charge in [0.25, 0.3) is 0 Å². The number of halogens is 1. The van der Waals surface area contributed by atoms with E-state index in [0.29, 0.717) is 18.1 Å². The van der Waals surface area contributed by atoms with Crippen LogP contribution in [0.15, 0.2) is 10.6 Å². The first-order valence-corrected chi connectivity index (χ1v) is 7.19. The molecule has 1 fully saturated rings. The van der Waals surface area contributed by atoms with Gasteiger partial charge in [0.15, 0.2) is 5.82 Å². The van der Waals surface area contributed by atoms with Crippen LogP contribution in [0.1, 0.15) is 25.0 Å². The maximum Gasteiger partial charge on any atom is 0.245 e. The third-order valence-corrected chi connectivity index (χ3v) is 3.93. The lowest BCUT2D eigenvalue weighted by atomic mass is 9.95. The molecule has 0 unspecified atom stereocenters. The number of nitrogens with two attached hydrogens (primary N) is 1. The molecule has 1 aliphatic rings. The summed E-state index contributed by atoms with van der Waals surface area (Å²) in [6.07, 6.45) is 2.87. The van der Waals surface area contributed by atoms with Crippen molar-refractivity contribution in [2.45, 2.75) is 26.2 Å². The highest BCUT2D eigenvalue weighted by atomic mass is 35.5. The standard InChI is InChI=1S/C14H22N4O3.ClH/c1-9-6-12(17-21-9)16-13(19)8-18(2)14(20)11-5-3-4-10(11)7-15;/h6,10-11H,3-5,7-8,15H2,1-2H3,(H,16,17,19);1H/t10-,11-;/m1./s1. The molecule has 0 aliphatic heterocycles. The second-order valence-electron chi connectivity index (χ2n) is 5.60. The Kier molecular flexibility index (Phi) is 6.83. The summed E-state index contributed by atoms with van der Waals surface area (Å²) in [4.78, 5) is 25.7. The van der Waals surface area contributed by atoms with Crippen molar-refractivity contribution in [1.29, 1.82) is 0 Å². The Labute approximate surface area is 136 Å². The van der Waals surface area contributed by atoms with Gasteiger partial charge in [-0.3, -0.25) is 9.59 Å². The van der Waals surface area contributed by atoms with Crippen molar-refractivity contribution in [1.82, 2.24) is 10.1 Å². The molecule has 1 heterocycles. The van der Waals surface area contributed by atoms with E-state index in [-0.39, 0.29) is 42.6 Å². The second kappa shape index (κ2) is 8.14. The zero-order chi connectivity index (χ0) is 15.4. The van der Waals surface area contributed by atoms with Gasteiger partial charge in [-0.15, -0.1) is 12.4 Å². The molecule has 0 bridgehead atoms. The highest BCUT2D eigenvalue weighted by Gasteiger charge is 2.34. The number of amides is 2. The van der Waals surface area contributed by atoms with Crippen LogP contribution in [-0.4, -0.2) is 42.0 Å². The van der Waals surface area contributed by atoms with Crippen LogP contribution in [0.5, 0.6) is 0 Å². The molecule has 2 atom stereocenters. The third-order valence-electron chi connectivity index (χ3n) is 3.93. The van der Waals surface area contributed by atoms with E-state index in [1.807, 2.05) is 0 Å². The maximum absolute atomic E-state index is 12.4. The van der Waals surface area contributed by atoms with Crippen LogP contribution < -0.4 is 11.1 Å². The number of aryl methyl sites for hydroxylation is 1. The number of carbonyl (C=O) groups excluding carboxylic acids is 2. The van der Waals surface area contributed by atoms with Crippen molar-refractivity contribution < 1.29 is 14.1 Å². The topological polar surface area (TPSA) is 101 Å². The van der Waals surface area contributed by atoms with Gasteiger partial charge in [0.2, 0.25) is 11.8 Å². The molecule has 22 heavy (non-hydrogen) atoms. The second-order valence-corrected chi connectivity index (χ2v) is 5.60. The molecule has 124 valence electrons. The molecule has 1 aliphatic carbocycles. The summed E-state index contributed by atoms with van der Waals surface area (Å²) in [5.41, 5.74) is 5.70. The van der Waals surface area contributed by atoms with Gasteiger partial charge in [0.1, 0.15) is 5.76 Å². The van der Waals surface area contributed by atoms with Crippen LogP contribution >= 0.6 is 12.4 Å². The summed E-state index contributed by atoms with van der Waals surface area (Å²) in [6, 6.07) is 1.63. The average molecular weight is 331 g/mol. The average Bonchev–Trinajstić information content (AvgIpc) is 3.06. The van der Waals surface area contributed by atoms with Crippen LogP contribution in [-0.2, 0) is 9.59 Å². The minimum atomic E-state index is -0.290. The summed E-state index contributed by atoms with van der Waals surface area (Å²) in [5.74, 6) is 0.865. The van der Waals surface area contributed by atoms with Crippen molar-refractivity contribution in [3.8, 4) is 0 Å². The fraction of sp³-hybridized carbons (Fsp3) is 0.643. The van der Waals surface area contributed by atoms with Gasteiger partial charge in [0.05, 0.1) is 6.54 Å². The largest absolute Gasteiger partial charge is 0.360 e. The normalized spacial score (nSPS) is 20.3. The van der Waals surface area contributed by atoms with E-state index < -0.39 is 0 Å². The highest BCUT2D eigenvalue weighted by Crippen LogP contribution is 2.32. The quantitative estimate of drug-likeness (QED) is 0.844. The Morgan fingerprint density at radius 3 is 2.82 bits per heavy atom. The fourth-order valence-electron chi connectivity index (χ4n) is 2.83. The number of nitrogens with zero attached hydrogens (tertiary/aromatic N) is 2. The lowest BCUT2D eigenvalue weighted by Crippen LogP contribution is -2.40. The predicted octanol–water partition coefficient (Wildman–Crippen LogP) is 1.18. The number of carbonyl (C=O) groups is 2. The minimum Gasteiger partial charge on any atom is -0.360 e. The van der Waals surface area contributed by atoms with Gasteiger partial charge in [-0.05, 0) is 32.2 Å². The van der Waals surface area contributed by atoms with Gasteiger partial charge in [-0.1, -0.05) is 11.6 Å². The molecule has 2 rings (SSSR count). The molecule has 1 aromatic rings. The van der Waals surface area contributed by atoms with Crippen molar-refractivity contribution >= 4 is 30.0 Å². The molecule has 8 heteroatoms. The van der Waals surface area contributed by atoms with Gasteiger partial charge in [-0.25, -0.2) is 0 Å². The van der Waals surface area contributed by atoms with E-state index >= 15 is 0 Å². The van der Waals surface area contributed by atoms with E-state index in [0.717, 1.165) is 19.3 Å². The highest BCUT2D eigenvalue weighted by molar-refractivity contribution is 5.94. The first-order chi connectivity index (χ1) is 10.0. The van der Waals surface area contributed by atoms with Gasteiger partial charge in [0, 0.05) is 19.0 Å². The van der Waals surface area contributed by atoms with E-state index in [4.69, 9.17) is 10.3 Å². The van der Waals surface area contributed by atoms with Crippen LogP contribution in [0.25, 0.3) is 0 Å². The molecule has 0 aromatic carbocycles. The summed E-state index contributed by atoms with van der Waals surface area (Å²) in [5, 5.41) is 6.29. The van der Waals surface area contributed by atoms with Gasteiger partial charge in [-0.2, -0.15) is 0 Å². The lowest BCUT2D eigenvalue weighted by Gasteiger charge is -2.23. The maximum atomic E-state index is 12.4. The number of hydrogen-bond donors (Lipinski definition) is 2. The Morgan fingerprint density at radius 1 is 1.50 bits per heavy atom. The SMILES string of the molecule is Cc1cc(NC(=O)CN(C)C(=O)[C@@H]2CCC[C@@H]2CN)no1.Cl. The molecular weight excluding hydrogens is 308 g/mol. The summed E-state index contributed by atoms with van der Waals surface area (Å²) in [7, 11) is 1.64. The molecule has 3 N–H and O–H groups in total. The Morgan fingerprint density at radius 2 is 2.23 bits per heavy atom. The Bertz CT molecular complexity index is 520. The molecule has 0 radical (unpaired) electrons. The van der Waals surface area contributed by atoms with Gasteiger partial charge < -0.3 is 20.5 Å². The summed E-state index contributed by atoms with van der Waals surface area (Å²) < 4.78 is 4.87. The van der Waals surface area contributed by atoms with Crippen LogP contribution in [0.2, 0.25) is 0 Å². The van der Waals surface area contributed by atoms with E-state index in [2.05, 4.69) is 10.5 Å². The number of rotatable bonds is 5. The molecule has 0 saturated heterocycles. The number of likely N-dealkylation sites (N-methyl/N-ethyl adjacent to an activating group) is 1. The van der Waals surface area contributed by atoms with Crippen LogP contribution in [0, 0.1) is 18.8 Å². The molecule has 7 nitrogen and oxygen atoms in total. The van der Waals surface area contributed by atoms with E-state index in [1.165, 1.54) is 4.90 Å². The first kappa shape index (κ1) is 18.4. The lowest BCUT2D eigenvalue weighted by molar-refractivity contribution is -0.137. The van der Waals surface area contributed by atoms with Crippen LogP contribution in [0.3, 0.4) is 0 Å². The third kappa shape index (κ3) is 4.45. The van der Waals surface area contributed by atoms with Crippen molar-refractivity contribution in [2.75, 3.05) is 25.5 Å². The van der Waals surface area contributed by atoms with Crippen molar-refractivity contribution in [2.24, 2.45) is 17.6 Å². The predicted molar refractivity (Wildman–Crippen MR) is 84.6 cm³/mol.